The van der Waals surface area contributed by atoms with Crippen molar-refractivity contribution < 1.29 is 13.2 Å². The van der Waals surface area contributed by atoms with Crippen LogP contribution in [-0.4, -0.2) is 45.4 Å². The number of nitrogens with one attached hydrogen (secondary N) is 1. The zero-order valence-corrected chi connectivity index (χ0v) is 20.9. The van der Waals surface area contributed by atoms with Crippen molar-refractivity contribution in [1.29, 1.82) is 0 Å². The molecule has 0 aliphatic carbocycles. The first-order valence-electron chi connectivity index (χ1n) is 11.5. The summed E-state index contributed by atoms with van der Waals surface area (Å²) in [6, 6.07) is 18.2. The van der Waals surface area contributed by atoms with Crippen molar-refractivity contribution in [3.05, 3.63) is 88.5 Å². The molecule has 4 rings (SSSR count). The van der Waals surface area contributed by atoms with E-state index in [1.807, 2.05) is 18.7 Å². The average molecular weight is 478 g/mol. The highest BCUT2D eigenvalue weighted by atomic mass is 32.2. The molecule has 7 heteroatoms. The summed E-state index contributed by atoms with van der Waals surface area (Å²) in [5.41, 5.74) is 6.51. The summed E-state index contributed by atoms with van der Waals surface area (Å²) in [6.07, 6.45) is 0. The van der Waals surface area contributed by atoms with Gasteiger partial charge in [0, 0.05) is 37.4 Å². The standard InChI is InChI=1S/C27H31N3O3S/c1-19-8-11-24(12-9-19)34(32,33)28-25-13-10-23(18-21(25)3)27(31)30-16-14-29(15-17-30)26-7-5-6-20(2)22(26)4/h5-13,18,28H,14-17H2,1-4H3. The Hall–Kier alpha value is -3.32. The largest absolute Gasteiger partial charge is 0.368 e. The molecule has 0 unspecified atom stereocenters. The average Bonchev–Trinajstić information content (AvgIpc) is 2.82. The van der Waals surface area contributed by atoms with Gasteiger partial charge >= 0.3 is 0 Å². The fraction of sp³-hybridized carbons (Fsp3) is 0.296. The SMILES string of the molecule is Cc1ccc(S(=O)(=O)Nc2ccc(C(=O)N3CCN(c4cccc(C)c4C)CC3)cc2C)cc1. The summed E-state index contributed by atoms with van der Waals surface area (Å²) in [7, 11) is -3.70. The maximum absolute atomic E-state index is 13.1. The van der Waals surface area contributed by atoms with Crippen LogP contribution in [0.3, 0.4) is 0 Å². The second kappa shape index (κ2) is 9.50. The molecule has 0 radical (unpaired) electrons. The van der Waals surface area contributed by atoms with Crippen LogP contribution in [0.4, 0.5) is 11.4 Å². The molecule has 0 saturated carbocycles. The van der Waals surface area contributed by atoms with E-state index in [1.54, 1.807) is 42.5 Å². The van der Waals surface area contributed by atoms with Gasteiger partial charge in [-0.2, -0.15) is 0 Å². The van der Waals surface area contributed by atoms with Crippen molar-refractivity contribution in [2.45, 2.75) is 32.6 Å². The first-order chi connectivity index (χ1) is 16.2. The maximum atomic E-state index is 13.1. The molecule has 34 heavy (non-hydrogen) atoms. The number of amides is 1. The number of rotatable bonds is 5. The van der Waals surface area contributed by atoms with Crippen LogP contribution in [-0.2, 0) is 10.0 Å². The quantitative estimate of drug-likeness (QED) is 0.579. The van der Waals surface area contributed by atoms with Crippen LogP contribution in [0.2, 0.25) is 0 Å². The molecule has 1 aliphatic rings. The van der Waals surface area contributed by atoms with Crippen LogP contribution >= 0.6 is 0 Å². The zero-order chi connectivity index (χ0) is 24.5. The van der Waals surface area contributed by atoms with E-state index in [0.29, 0.717) is 29.9 Å². The molecule has 1 N–H and O–H groups in total. The van der Waals surface area contributed by atoms with Crippen molar-refractivity contribution in [3.8, 4) is 0 Å². The molecule has 3 aromatic carbocycles. The van der Waals surface area contributed by atoms with Crippen molar-refractivity contribution in [2.75, 3.05) is 35.8 Å². The number of hydrogen-bond acceptors (Lipinski definition) is 4. The van der Waals surface area contributed by atoms with Crippen molar-refractivity contribution >= 4 is 27.3 Å². The van der Waals surface area contributed by atoms with E-state index >= 15 is 0 Å². The second-order valence-electron chi connectivity index (χ2n) is 8.95. The van der Waals surface area contributed by atoms with Crippen LogP contribution in [0.5, 0.6) is 0 Å². The number of sulfonamides is 1. The third-order valence-corrected chi connectivity index (χ3v) is 7.91. The monoisotopic (exact) mass is 477 g/mol. The van der Waals surface area contributed by atoms with Gasteiger partial charge in [-0.1, -0.05) is 29.8 Å². The van der Waals surface area contributed by atoms with Crippen molar-refractivity contribution in [1.82, 2.24) is 4.90 Å². The minimum absolute atomic E-state index is 0.0309. The molecule has 1 fully saturated rings. The predicted octanol–water partition coefficient (Wildman–Crippen LogP) is 4.68. The van der Waals surface area contributed by atoms with Gasteiger partial charge in [0.05, 0.1) is 10.6 Å². The van der Waals surface area contributed by atoms with E-state index in [2.05, 4.69) is 41.7 Å². The highest BCUT2D eigenvalue weighted by Gasteiger charge is 2.24. The Morgan fingerprint density at radius 2 is 1.50 bits per heavy atom. The molecule has 0 bridgehead atoms. The lowest BCUT2D eigenvalue weighted by Crippen LogP contribution is -2.49. The molecule has 6 nitrogen and oxygen atoms in total. The minimum atomic E-state index is -3.70. The first kappa shape index (κ1) is 23.8. The van der Waals surface area contributed by atoms with E-state index in [0.717, 1.165) is 18.7 Å². The van der Waals surface area contributed by atoms with Gasteiger partial charge in [0.1, 0.15) is 0 Å². The van der Waals surface area contributed by atoms with E-state index in [-0.39, 0.29) is 10.8 Å². The van der Waals surface area contributed by atoms with E-state index in [9.17, 15) is 13.2 Å². The van der Waals surface area contributed by atoms with Crippen molar-refractivity contribution in [3.63, 3.8) is 0 Å². The molecule has 1 heterocycles. The molecule has 0 aromatic heterocycles. The molecule has 1 aliphatic heterocycles. The van der Waals surface area contributed by atoms with E-state index in [1.165, 1.54) is 16.8 Å². The van der Waals surface area contributed by atoms with E-state index in [4.69, 9.17) is 0 Å². The summed E-state index contributed by atoms with van der Waals surface area (Å²) in [5, 5.41) is 0. The van der Waals surface area contributed by atoms with E-state index < -0.39 is 10.0 Å². The Morgan fingerprint density at radius 1 is 0.824 bits per heavy atom. The maximum Gasteiger partial charge on any atom is 0.261 e. The minimum Gasteiger partial charge on any atom is -0.368 e. The summed E-state index contributed by atoms with van der Waals surface area (Å²) >= 11 is 0. The number of nitrogens with zero attached hydrogens (tertiary/aromatic N) is 2. The number of aryl methyl sites for hydroxylation is 3. The van der Waals surface area contributed by atoms with Crippen LogP contribution < -0.4 is 9.62 Å². The third kappa shape index (κ3) is 4.94. The Kier molecular flexibility index (Phi) is 6.66. The molecule has 0 atom stereocenters. The Labute approximate surface area is 202 Å². The molecular formula is C27H31N3O3S. The first-order valence-corrected chi connectivity index (χ1v) is 12.9. The highest BCUT2D eigenvalue weighted by Crippen LogP contribution is 2.25. The van der Waals surface area contributed by atoms with Crippen molar-refractivity contribution in [2.24, 2.45) is 0 Å². The molecule has 1 amide bonds. The van der Waals surface area contributed by atoms with Gasteiger partial charge in [-0.3, -0.25) is 9.52 Å². The fourth-order valence-corrected chi connectivity index (χ4v) is 5.37. The third-order valence-electron chi connectivity index (χ3n) is 6.53. The summed E-state index contributed by atoms with van der Waals surface area (Å²) in [6.45, 7) is 10.8. The van der Waals surface area contributed by atoms with Crippen LogP contribution in [0.25, 0.3) is 0 Å². The van der Waals surface area contributed by atoms with Gasteiger partial charge in [-0.15, -0.1) is 0 Å². The number of benzene rings is 3. The number of piperazine rings is 1. The summed E-state index contributed by atoms with van der Waals surface area (Å²) in [4.78, 5) is 17.5. The Balaban J connectivity index is 1.43. The normalized spacial score (nSPS) is 14.2. The van der Waals surface area contributed by atoms with Gasteiger partial charge < -0.3 is 9.80 Å². The second-order valence-corrected chi connectivity index (χ2v) is 10.6. The summed E-state index contributed by atoms with van der Waals surface area (Å²) in [5.74, 6) is -0.0309. The van der Waals surface area contributed by atoms with Gasteiger partial charge in [0.25, 0.3) is 15.9 Å². The molecular weight excluding hydrogens is 446 g/mol. The Morgan fingerprint density at radius 3 is 2.15 bits per heavy atom. The Bertz CT molecular complexity index is 1310. The molecule has 1 saturated heterocycles. The lowest BCUT2D eigenvalue weighted by Gasteiger charge is -2.37. The highest BCUT2D eigenvalue weighted by molar-refractivity contribution is 7.92. The van der Waals surface area contributed by atoms with Crippen LogP contribution in [0, 0.1) is 27.7 Å². The summed E-state index contributed by atoms with van der Waals surface area (Å²) < 4.78 is 28.1. The molecule has 178 valence electrons. The lowest BCUT2D eigenvalue weighted by molar-refractivity contribution is 0.0746. The number of carbonyl (C=O) groups excluding carboxylic acids is 1. The lowest BCUT2D eigenvalue weighted by atomic mass is 10.1. The molecule has 3 aromatic rings. The number of anilines is 2. The predicted molar refractivity (Wildman–Crippen MR) is 137 cm³/mol. The van der Waals surface area contributed by atoms with Gasteiger partial charge in [-0.05, 0) is 80.8 Å². The fourth-order valence-electron chi connectivity index (χ4n) is 4.24. The van der Waals surface area contributed by atoms with Gasteiger partial charge in [-0.25, -0.2) is 8.42 Å². The molecule has 0 spiro atoms. The van der Waals surface area contributed by atoms with Gasteiger partial charge in [0.15, 0.2) is 0 Å². The smallest absolute Gasteiger partial charge is 0.261 e. The topological polar surface area (TPSA) is 69.7 Å². The van der Waals surface area contributed by atoms with Crippen LogP contribution in [0.1, 0.15) is 32.6 Å². The number of carbonyl (C=O) groups is 1. The number of hydrogen-bond donors (Lipinski definition) is 1. The van der Waals surface area contributed by atoms with Crippen LogP contribution in [0.15, 0.2) is 65.6 Å². The zero-order valence-electron chi connectivity index (χ0n) is 20.1. The van der Waals surface area contributed by atoms with Gasteiger partial charge in [0.2, 0.25) is 0 Å².